The maximum Gasteiger partial charge on any atom is 0.303 e. The summed E-state index contributed by atoms with van der Waals surface area (Å²) in [6.07, 6.45) is 2.05. The number of aliphatic carboxylic acids is 1. The van der Waals surface area contributed by atoms with Crippen LogP contribution in [0.15, 0.2) is 24.3 Å². The SMILES string of the molecule is O=C(O)CCC1(CCC(=O)N2CCOc3ccccc3C2)CCC(=O)N1. The van der Waals surface area contributed by atoms with E-state index in [1.54, 1.807) is 4.90 Å². The molecule has 2 aliphatic heterocycles. The third-order valence-corrected chi connectivity index (χ3v) is 5.18. The number of nitrogens with one attached hydrogen (secondary N) is 1. The molecule has 1 fully saturated rings. The molecule has 1 saturated heterocycles. The summed E-state index contributed by atoms with van der Waals surface area (Å²) in [5, 5.41) is 11.9. The fourth-order valence-electron chi connectivity index (χ4n) is 3.66. The number of carbonyl (C=O) groups excluding carboxylic acids is 2. The molecule has 0 aromatic heterocycles. The van der Waals surface area contributed by atoms with Crippen LogP contribution in [0.2, 0.25) is 0 Å². The molecule has 2 heterocycles. The van der Waals surface area contributed by atoms with E-state index in [0.29, 0.717) is 45.4 Å². The molecule has 1 atom stereocenters. The lowest BCUT2D eigenvalue weighted by molar-refractivity contribution is -0.137. The van der Waals surface area contributed by atoms with E-state index in [2.05, 4.69) is 5.32 Å². The topological polar surface area (TPSA) is 95.9 Å². The van der Waals surface area contributed by atoms with Crippen molar-refractivity contribution in [2.75, 3.05) is 13.2 Å². The van der Waals surface area contributed by atoms with Gasteiger partial charge in [-0.05, 0) is 25.3 Å². The van der Waals surface area contributed by atoms with E-state index < -0.39 is 11.5 Å². The normalized spacial score (nSPS) is 22.2. The van der Waals surface area contributed by atoms with Gasteiger partial charge in [-0.15, -0.1) is 0 Å². The second-order valence-electron chi connectivity index (χ2n) is 6.99. The number of fused-ring (bicyclic) bond motifs is 1. The van der Waals surface area contributed by atoms with Gasteiger partial charge in [0.2, 0.25) is 11.8 Å². The maximum atomic E-state index is 12.7. The molecule has 7 nitrogen and oxygen atoms in total. The van der Waals surface area contributed by atoms with E-state index >= 15 is 0 Å². The average molecular weight is 360 g/mol. The van der Waals surface area contributed by atoms with Crippen molar-refractivity contribution in [2.45, 2.75) is 50.6 Å². The summed E-state index contributed by atoms with van der Waals surface area (Å²) in [6, 6.07) is 7.68. The smallest absolute Gasteiger partial charge is 0.303 e. The Bertz CT molecular complexity index is 705. The fourth-order valence-corrected chi connectivity index (χ4v) is 3.66. The van der Waals surface area contributed by atoms with Gasteiger partial charge in [-0.2, -0.15) is 0 Å². The molecular formula is C19H24N2O5. The summed E-state index contributed by atoms with van der Waals surface area (Å²) in [6.45, 7) is 1.47. The molecule has 1 unspecified atom stereocenters. The number of hydrogen-bond donors (Lipinski definition) is 2. The Hall–Kier alpha value is -2.57. The van der Waals surface area contributed by atoms with Gasteiger partial charge in [0.25, 0.3) is 0 Å². The Morgan fingerprint density at radius 3 is 2.73 bits per heavy atom. The van der Waals surface area contributed by atoms with Gasteiger partial charge in [-0.3, -0.25) is 14.4 Å². The van der Waals surface area contributed by atoms with E-state index in [0.717, 1.165) is 11.3 Å². The summed E-state index contributed by atoms with van der Waals surface area (Å²) in [4.78, 5) is 37.1. The van der Waals surface area contributed by atoms with Gasteiger partial charge in [-0.25, -0.2) is 0 Å². The van der Waals surface area contributed by atoms with Gasteiger partial charge in [-0.1, -0.05) is 18.2 Å². The van der Waals surface area contributed by atoms with Crippen LogP contribution in [0.4, 0.5) is 0 Å². The quantitative estimate of drug-likeness (QED) is 0.805. The Morgan fingerprint density at radius 1 is 1.23 bits per heavy atom. The van der Waals surface area contributed by atoms with Crippen molar-refractivity contribution in [2.24, 2.45) is 0 Å². The number of carbonyl (C=O) groups is 3. The Labute approximate surface area is 152 Å². The van der Waals surface area contributed by atoms with E-state index in [9.17, 15) is 14.4 Å². The minimum Gasteiger partial charge on any atom is -0.491 e. The van der Waals surface area contributed by atoms with Crippen LogP contribution in [-0.4, -0.2) is 46.5 Å². The maximum absolute atomic E-state index is 12.7. The van der Waals surface area contributed by atoms with Gasteiger partial charge >= 0.3 is 5.97 Å². The van der Waals surface area contributed by atoms with Crippen molar-refractivity contribution >= 4 is 17.8 Å². The van der Waals surface area contributed by atoms with Crippen molar-refractivity contribution in [3.8, 4) is 5.75 Å². The monoisotopic (exact) mass is 360 g/mol. The summed E-state index contributed by atoms with van der Waals surface area (Å²) >= 11 is 0. The van der Waals surface area contributed by atoms with Crippen molar-refractivity contribution in [3.05, 3.63) is 29.8 Å². The van der Waals surface area contributed by atoms with Gasteiger partial charge < -0.3 is 20.1 Å². The average Bonchev–Trinajstić information content (AvgIpc) is 2.86. The fraction of sp³-hybridized carbons (Fsp3) is 0.526. The van der Waals surface area contributed by atoms with E-state index in [4.69, 9.17) is 9.84 Å². The first-order chi connectivity index (χ1) is 12.5. The first kappa shape index (κ1) is 18.2. The zero-order valence-electron chi connectivity index (χ0n) is 14.7. The van der Waals surface area contributed by atoms with Crippen LogP contribution >= 0.6 is 0 Å². The van der Waals surface area contributed by atoms with E-state index in [1.165, 1.54) is 0 Å². The number of para-hydroxylation sites is 1. The lowest BCUT2D eigenvalue weighted by atomic mass is 9.86. The lowest BCUT2D eigenvalue weighted by Gasteiger charge is -2.30. The first-order valence-corrected chi connectivity index (χ1v) is 8.99. The molecule has 1 aromatic rings. The lowest BCUT2D eigenvalue weighted by Crippen LogP contribution is -2.43. The predicted molar refractivity (Wildman–Crippen MR) is 93.6 cm³/mol. The molecule has 0 radical (unpaired) electrons. The highest BCUT2D eigenvalue weighted by Gasteiger charge is 2.38. The van der Waals surface area contributed by atoms with Gasteiger partial charge in [0.15, 0.2) is 0 Å². The molecule has 1 aromatic carbocycles. The second kappa shape index (κ2) is 7.76. The molecule has 140 valence electrons. The summed E-state index contributed by atoms with van der Waals surface area (Å²) in [7, 11) is 0. The third-order valence-electron chi connectivity index (χ3n) is 5.18. The number of hydrogen-bond acceptors (Lipinski definition) is 4. The minimum absolute atomic E-state index is 0.00107. The molecule has 0 aliphatic carbocycles. The number of carboxylic acids is 1. The van der Waals surface area contributed by atoms with E-state index in [1.807, 2.05) is 24.3 Å². The largest absolute Gasteiger partial charge is 0.491 e. The van der Waals surface area contributed by atoms with Crippen LogP contribution in [-0.2, 0) is 20.9 Å². The highest BCUT2D eigenvalue weighted by Crippen LogP contribution is 2.31. The third kappa shape index (κ3) is 4.33. The number of amides is 2. The van der Waals surface area contributed by atoms with Crippen LogP contribution in [0, 0.1) is 0 Å². The van der Waals surface area contributed by atoms with Gasteiger partial charge in [0.05, 0.1) is 6.54 Å². The highest BCUT2D eigenvalue weighted by molar-refractivity contribution is 5.80. The number of rotatable bonds is 6. The Morgan fingerprint density at radius 2 is 2.00 bits per heavy atom. The first-order valence-electron chi connectivity index (χ1n) is 8.99. The molecule has 26 heavy (non-hydrogen) atoms. The van der Waals surface area contributed by atoms with E-state index in [-0.39, 0.29) is 24.7 Å². The number of benzene rings is 1. The minimum atomic E-state index is -0.891. The van der Waals surface area contributed by atoms with Crippen LogP contribution in [0.5, 0.6) is 5.75 Å². The molecule has 2 N–H and O–H groups in total. The zero-order valence-corrected chi connectivity index (χ0v) is 14.7. The number of ether oxygens (including phenoxy) is 1. The summed E-state index contributed by atoms with van der Waals surface area (Å²) < 4.78 is 5.69. The molecular weight excluding hydrogens is 336 g/mol. The molecule has 3 rings (SSSR count). The molecule has 0 bridgehead atoms. The summed E-state index contributed by atoms with van der Waals surface area (Å²) in [5.41, 5.74) is 0.402. The molecule has 2 amide bonds. The molecule has 0 saturated carbocycles. The molecule has 7 heteroatoms. The van der Waals surface area contributed by atoms with Gasteiger partial charge in [0.1, 0.15) is 12.4 Å². The predicted octanol–water partition coefficient (Wildman–Crippen LogP) is 1.70. The Balaban J connectivity index is 1.61. The molecule has 2 aliphatic rings. The zero-order chi connectivity index (χ0) is 18.6. The van der Waals surface area contributed by atoms with Crippen molar-refractivity contribution in [1.82, 2.24) is 10.2 Å². The Kier molecular flexibility index (Phi) is 5.44. The van der Waals surface area contributed by atoms with Crippen LogP contribution in [0.25, 0.3) is 0 Å². The number of nitrogens with zero attached hydrogens (tertiary/aromatic N) is 1. The van der Waals surface area contributed by atoms with Crippen molar-refractivity contribution in [3.63, 3.8) is 0 Å². The standard InChI is InChI=1S/C19H24N2O5/c22-16-5-8-19(20-16,10-7-18(24)25)9-6-17(23)21-11-12-26-15-4-2-1-3-14(15)13-21/h1-4H,5-13H2,(H,20,22)(H,24,25). The summed E-state index contributed by atoms with van der Waals surface area (Å²) in [5.74, 6) is -0.150. The molecule has 0 spiro atoms. The van der Waals surface area contributed by atoms with Crippen LogP contribution < -0.4 is 10.1 Å². The van der Waals surface area contributed by atoms with Crippen LogP contribution in [0.3, 0.4) is 0 Å². The number of carboxylic acid groups (broad SMARTS) is 1. The van der Waals surface area contributed by atoms with Gasteiger partial charge in [0, 0.05) is 36.9 Å². The van der Waals surface area contributed by atoms with Crippen LogP contribution in [0.1, 0.15) is 44.1 Å². The van der Waals surface area contributed by atoms with Crippen molar-refractivity contribution < 1.29 is 24.2 Å². The van der Waals surface area contributed by atoms with Crippen molar-refractivity contribution in [1.29, 1.82) is 0 Å². The highest BCUT2D eigenvalue weighted by atomic mass is 16.5. The second-order valence-corrected chi connectivity index (χ2v) is 6.99.